The molecule has 3 rings (SSSR count). The number of ether oxygens (including phenoxy) is 1. The van der Waals surface area contributed by atoms with Gasteiger partial charge in [0.15, 0.2) is 0 Å². The zero-order valence-electron chi connectivity index (χ0n) is 16.1. The zero-order chi connectivity index (χ0) is 17.5. The first-order chi connectivity index (χ1) is 12.2. The maximum atomic E-state index is 13.3. The molecule has 0 bridgehead atoms. The SMILES string of the molecule is COCC1(C(=O)N2CCCN(CC3CCCCC3)CC2)CCNCC1. The Morgan fingerprint density at radius 2 is 1.80 bits per heavy atom. The number of nitrogens with zero attached hydrogens (tertiary/aromatic N) is 2. The molecule has 5 nitrogen and oxygen atoms in total. The molecule has 144 valence electrons. The van der Waals surface area contributed by atoms with Gasteiger partial charge in [-0.05, 0) is 57.7 Å². The lowest BCUT2D eigenvalue weighted by Gasteiger charge is -2.39. The Hall–Kier alpha value is -0.650. The van der Waals surface area contributed by atoms with Crippen LogP contribution in [0.1, 0.15) is 51.4 Å². The number of hydrogen-bond donors (Lipinski definition) is 1. The molecule has 3 fully saturated rings. The van der Waals surface area contributed by atoms with E-state index in [4.69, 9.17) is 4.74 Å². The molecule has 0 aromatic heterocycles. The lowest BCUT2D eigenvalue weighted by Crippen LogP contribution is -2.52. The lowest BCUT2D eigenvalue weighted by atomic mass is 9.78. The molecule has 0 aromatic carbocycles. The Labute approximate surface area is 153 Å². The fourth-order valence-electron chi connectivity index (χ4n) is 5.03. The maximum Gasteiger partial charge on any atom is 0.231 e. The summed E-state index contributed by atoms with van der Waals surface area (Å²) >= 11 is 0. The summed E-state index contributed by atoms with van der Waals surface area (Å²) in [6, 6.07) is 0. The van der Waals surface area contributed by atoms with Crippen LogP contribution < -0.4 is 5.32 Å². The predicted octanol–water partition coefficient (Wildman–Crippen LogP) is 2.12. The third kappa shape index (κ3) is 4.95. The molecule has 0 atom stereocenters. The van der Waals surface area contributed by atoms with Crippen molar-refractivity contribution < 1.29 is 9.53 Å². The van der Waals surface area contributed by atoms with Crippen molar-refractivity contribution in [3.8, 4) is 0 Å². The van der Waals surface area contributed by atoms with Crippen molar-refractivity contribution in [1.29, 1.82) is 0 Å². The summed E-state index contributed by atoms with van der Waals surface area (Å²) in [7, 11) is 1.73. The molecule has 3 aliphatic rings. The van der Waals surface area contributed by atoms with Crippen molar-refractivity contribution in [1.82, 2.24) is 15.1 Å². The highest BCUT2D eigenvalue weighted by atomic mass is 16.5. The molecule has 2 heterocycles. The maximum absolute atomic E-state index is 13.3. The van der Waals surface area contributed by atoms with Gasteiger partial charge in [0.2, 0.25) is 5.91 Å². The Morgan fingerprint density at radius 3 is 2.52 bits per heavy atom. The number of methoxy groups -OCH3 is 1. The van der Waals surface area contributed by atoms with E-state index in [9.17, 15) is 4.79 Å². The summed E-state index contributed by atoms with van der Waals surface area (Å²) in [5.74, 6) is 1.23. The van der Waals surface area contributed by atoms with E-state index < -0.39 is 0 Å². The van der Waals surface area contributed by atoms with Gasteiger partial charge in [-0.1, -0.05) is 19.3 Å². The Balaban J connectivity index is 1.54. The van der Waals surface area contributed by atoms with Crippen LogP contribution in [0, 0.1) is 11.3 Å². The second-order valence-electron chi connectivity index (χ2n) is 8.41. The molecule has 1 amide bonds. The molecule has 1 N–H and O–H groups in total. The van der Waals surface area contributed by atoms with E-state index in [1.165, 1.54) is 38.6 Å². The van der Waals surface area contributed by atoms with Gasteiger partial charge in [-0.15, -0.1) is 0 Å². The van der Waals surface area contributed by atoms with Crippen molar-refractivity contribution in [2.75, 3.05) is 59.5 Å². The van der Waals surface area contributed by atoms with Crippen LogP contribution in [0.2, 0.25) is 0 Å². The molecule has 0 unspecified atom stereocenters. The smallest absolute Gasteiger partial charge is 0.231 e. The van der Waals surface area contributed by atoms with Gasteiger partial charge in [0.05, 0.1) is 12.0 Å². The average molecular weight is 352 g/mol. The van der Waals surface area contributed by atoms with Crippen LogP contribution in [-0.2, 0) is 9.53 Å². The first-order valence-electron chi connectivity index (χ1n) is 10.4. The van der Waals surface area contributed by atoms with Gasteiger partial charge >= 0.3 is 0 Å². The van der Waals surface area contributed by atoms with Crippen molar-refractivity contribution in [2.24, 2.45) is 11.3 Å². The minimum atomic E-state index is -0.293. The topological polar surface area (TPSA) is 44.8 Å². The monoisotopic (exact) mass is 351 g/mol. The fourth-order valence-corrected chi connectivity index (χ4v) is 5.03. The largest absolute Gasteiger partial charge is 0.384 e. The summed E-state index contributed by atoms with van der Waals surface area (Å²) in [4.78, 5) is 18.1. The van der Waals surface area contributed by atoms with E-state index >= 15 is 0 Å². The summed E-state index contributed by atoms with van der Waals surface area (Å²) < 4.78 is 5.46. The van der Waals surface area contributed by atoms with Gasteiger partial charge < -0.3 is 19.9 Å². The number of piperidine rings is 1. The highest BCUT2D eigenvalue weighted by molar-refractivity contribution is 5.83. The third-order valence-electron chi connectivity index (χ3n) is 6.55. The third-order valence-corrected chi connectivity index (χ3v) is 6.55. The average Bonchev–Trinajstić information content (AvgIpc) is 2.88. The molecule has 2 saturated heterocycles. The number of carbonyl (C=O) groups is 1. The van der Waals surface area contributed by atoms with Crippen LogP contribution >= 0.6 is 0 Å². The minimum absolute atomic E-state index is 0.293. The minimum Gasteiger partial charge on any atom is -0.384 e. The molecule has 1 saturated carbocycles. The highest BCUT2D eigenvalue weighted by Gasteiger charge is 2.42. The van der Waals surface area contributed by atoms with Gasteiger partial charge in [0.25, 0.3) is 0 Å². The number of nitrogens with one attached hydrogen (secondary N) is 1. The van der Waals surface area contributed by atoms with Crippen LogP contribution in [0.3, 0.4) is 0 Å². The van der Waals surface area contributed by atoms with Crippen molar-refractivity contribution in [2.45, 2.75) is 51.4 Å². The number of carbonyl (C=O) groups excluding carboxylic acids is 1. The normalized spacial score (nSPS) is 26.4. The number of rotatable bonds is 5. The van der Waals surface area contributed by atoms with E-state index in [-0.39, 0.29) is 5.41 Å². The second kappa shape index (κ2) is 9.33. The summed E-state index contributed by atoms with van der Waals surface area (Å²) in [5.41, 5.74) is -0.293. The van der Waals surface area contributed by atoms with Crippen LogP contribution in [0.5, 0.6) is 0 Å². The number of amides is 1. The summed E-state index contributed by atoms with van der Waals surface area (Å²) in [6.45, 7) is 7.67. The number of hydrogen-bond acceptors (Lipinski definition) is 4. The standard InChI is InChI=1S/C20H37N3O2/c1-25-17-20(8-10-21-11-9-20)19(24)23-13-5-12-22(14-15-23)16-18-6-3-2-4-7-18/h18,21H,2-17H2,1H3. The molecule has 0 aromatic rings. The van der Waals surface area contributed by atoms with E-state index in [0.29, 0.717) is 12.5 Å². The molecule has 2 aliphatic heterocycles. The molecule has 5 heteroatoms. The van der Waals surface area contributed by atoms with Crippen LogP contribution in [-0.4, -0.2) is 75.2 Å². The van der Waals surface area contributed by atoms with Crippen LogP contribution in [0.15, 0.2) is 0 Å². The predicted molar refractivity (Wildman–Crippen MR) is 101 cm³/mol. The van der Waals surface area contributed by atoms with Gasteiger partial charge in [0, 0.05) is 33.3 Å². The van der Waals surface area contributed by atoms with E-state index in [0.717, 1.165) is 64.4 Å². The molecule has 0 radical (unpaired) electrons. The second-order valence-corrected chi connectivity index (χ2v) is 8.41. The first kappa shape index (κ1) is 19.1. The fraction of sp³-hybridized carbons (Fsp3) is 0.950. The van der Waals surface area contributed by atoms with Crippen LogP contribution in [0.4, 0.5) is 0 Å². The first-order valence-corrected chi connectivity index (χ1v) is 10.4. The molecular weight excluding hydrogens is 314 g/mol. The molecule has 25 heavy (non-hydrogen) atoms. The summed E-state index contributed by atoms with van der Waals surface area (Å²) in [5, 5.41) is 3.39. The zero-order valence-corrected chi connectivity index (χ0v) is 16.1. The van der Waals surface area contributed by atoms with Gasteiger partial charge in [-0.25, -0.2) is 0 Å². The van der Waals surface area contributed by atoms with Crippen molar-refractivity contribution >= 4 is 5.91 Å². The lowest BCUT2D eigenvalue weighted by molar-refractivity contribution is -0.147. The van der Waals surface area contributed by atoms with Crippen molar-refractivity contribution in [3.63, 3.8) is 0 Å². The Kier molecular flexibility index (Phi) is 7.14. The highest BCUT2D eigenvalue weighted by Crippen LogP contribution is 2.32. The van der Waals surface area contributed by atoms with Gasteiger partial charge in [0.1, 0.15) is 0 Å². The van der Waals surface area contributed by atoms with Gasteiger partial charge in [-0.3, -0.25) is 4.79 Å². The van der Waals surface area contributed by atoms with E-state index in [1.54, 1.807) is 7.11 Å². The van der Waals surface area contributed by atoms with Crippen LogP contribution in [0.25, 0.3) is 0 Å². The molecular formula is C20H37N3O2. The Morgan fingerprint density at radius 1 is 1.04 bits per heavy atom. The van der Waals surface area contributed by atoms with Gasteiger partial charge in [-0.2, -0.15) is 0 Å². The quantitative estimate of drug-likeness (QED) is 0.824. The van der Waals surface area contributed by atoms with E-state index in [1.807, 2.05) is 0 Å². The molecule has 0 spiro atoms. The molecule has 1 aliphatic carbocycles. The Bertz CT molecular complexity index is 412. The van der Waals surface area contributed by atoms with Crippen molar-refractivity contribution in [3.05, 3.63) is 0 Å². The van der Waals surface area contributed by atoms with E-state index in [2.05, 4.69) is 15.1 Å². The summed E-state index contributed by atoms with van der Waals surface area (Å²) in [6.07, 6.45) is 9.98.